The Balaban J connectivity index is 1.53. The van der Waals surface area contributed by atoms with Gasteiger partial charge in [0.25, 0.3) is 0 Å². The molecular weight excluding hydrogens is 356 g/mol. The van der Waals surface area contributed by atoms with E-state index in [4.69, 9.17) is 0 Å². The summed E-state index contributed by atoms with van der Waals surface area (Å²) in [5.74, 6) is 4.53. The fraction of sp³-hybridized carbons (Fsp3) is 0.815. The predicted molar refractivity (Wildman–Crippen MR) is 120 cm³/mol. The van der Waals surface area contributed by atoms with Crippen molar-refractivity contribution >= 4 is 5.78 Å². The molecule has 4 rings (SSSR count). The maximum atomic E-state index is 12.6. The van der Waals surface area contributed by atoms with Gasteiger partial charge in [-0.15, -0.1) is 0 Å². The first-order valence-electron chi connectivity index (χ1n) is 12.3. The Labute approximate surface area is 178 Å². The molecule has 0 spiro atoms. The van der Waals surface area contributed by atoms with Crippen LogP contribution in [0.1, 0.15) is 92.4 Å². The second-order valence-electron chi connectivity index (χ2n) is 11.8. The lowest BCUT2D eigenvalue weighted by atomic mass is 9.47. The van der Waals surface area contributed by atoms with E-state index >= 15 is 0 Å². The molecule has 29 heavy (non-hydrogen) atoms. The average molecular weight is 399 g/mol. The van der Waals surface area contributed by atoms with Crippen molar-refractivity contribution in [3.8, 4) is 0 Å². The number of allylic oxidation sites excluding steroid dienone is 3. The molecule has 2 fully saturated rings. The van der Waals surface area contributed by atoms with Crippen molar-refractivity contribution < 1.29 is 9.90 Å². The molecule has 0 radical (unpaired) electrons. The summed E-state index contributed by atoms with van der Waals surface area (Å²) in [4.78, 5) is 12.6. The highest BCUT2D eigenvalue weighted by Gasteiger charge is 2.59. The van der Waals surface area contributed by atoms with Crippen molar-refractivity contribution in [2.24, 2.45) is 46.3 Å². The minimum absolute atomic E-state index is 0.0241. The van der Waals surface area contributed by atoms with Crippen LogP contribution in [0.2, 0.25) is 0 Å². The van der Waals surface area contributed by atoms with E-state index in [2.05, 4.69) is 40.7 Å². The molecule has 0 bridgehead atoms. The molecule has 2 saturated carbocycles. The second kappa shape index (κ2) is 7.57. The summed E-state index contributed by atoms with van der Waals surface area (Å²) in [6.07, 6.45) is 15.4. The first-order valence-corrected chi connectivity index (χ1v) is 12.3. The van der Waals surface area contributed by atoms with E-state index in [1.807, 2.05) is 0 Å². The van der Waals surface area contributed by atoms with Crippen molar-refractivity contribution in [3.05, 3.63) is 23.5 Å². The summed E-state index contributed by atoms with van der Waals surface area (Å²) in [7, 11) is 0. The molecule has 0 amide bonds. The van der Waals surface area contributed by atoms with Gasteiger partial charge in [-0.1, -0.05) is 60.0 Å². The fourth-order valence-electron chi connectivity index (χ4n) is 8.27. The number of hydrogen-bond acceptors (Lipinski definition) is 2. The van der Waals surface area contributed by atoms with Crippen molar-refractivity contribution in [2.75, 3.05) is 0 Å². The van der Waals surface area contributed by atoms with Crippen molar-refractivity contribution in [1.29, 1.82) is 0 Å². The molecule has 2 nitrogen and oxygen atoms in total. The number of ketones is 1. The molecule has 162 valence electrons. The number of hydrogen-bond donors (Lipinski definition) is 1. The lowest BCUT2D eigenvalue weighted by molar-refractivity contribution is -0.118. The Kier molecular flexibility index (Phi) is 5.53. The average Bonchev–Trinajstić information content (AvgIpc) is 3.02. The molecule has 7 atom stereocenters. The maximum absolute atomic E-state index is 12.6. The number of aliphatic hydroxyl groups excluding tert-OH is 1. The summed E-state index contributed by atoms with van der Waals surface area (Å²) < 4.78 is 0. The summed E-state index contributed by atoms with van der Waals surface area (Å²) in [5, 5.41) is 9.99. The monoisotopic (exact) mass is 398 g/mol. The summed E-state index contributed by atoms with van der Waals surface area (Å²) in [6, 6.07) is 0. The van der Waals surface area contributed by atoms with E-state index in [9.17, 15) is 9.90 Å². The molecule has 0 aliphatic heterocycles. The molecule has 4 aliphatic carbocycles. The number of Topliss-reactive ketones (excluding diaryl/α,β-unsaturated/α-hetero) is 1. The molecule has 4 aliphatic rings. The van der Waals surface area contributed by atoms with Crippen LogP contribution >= 0.6 is 0 Å². The molecule has 0 saturated heterocycles. The van der Waals surface area contributed by atoms with Crippen LogP contribution in [0.3, 0.4) is 0 Å². The van der Waals surface area contributed by atoms with E-state index in [1.54, 1.807) is 6.08 Å². The summed E-state index contributed by atoms with van der Waals surface area (Å²) in [5.41, 5.74) is 1.34. The lowest BCUT2D eigenvalue weighted by Crippen LogP contribution is -2.51. The normalized spacial score (nSPS) is 42.6. The molecule has 1 unspecified atom stereocenters. The van der Waals surface area contributed by atoms with Crippen LogP contribution in [0, 0.1) is 46.3 Å². The van der Waals surface area contributed by atoms with Gasteiger partial charge >= 0.3 is 0 Å². The van der Waals surface area contributed by atoms with Crippen LogP contribution in [-0.2, 0) is 4.79 Å². The highest BCUT2D eigenvalue weighted by Crippen LogP contribution is 2.66. The van der Waals surface area contributed by atoms with E-state index in [1.165, 1.54) is 44.9 Å². The van der Waals surface area contributed by atoms with Crippen LogP contribution in [0.25, 0.3) is 0 Å². The van der Waals surface area contributed by atoms with Gasteiger partial charge in [-0.25, -0.2) is 0 Å². The number of carbonyl (C=O) groups excluding carboxylic acids is 1. The first-order chi connectivity index (χ1) is 13.7. The lowest BCUT2D eigenvalue weighted by Gasteiger charge is -2.57. The first kappa shape index (κ1) is 21.2. The Bertz CT molecular complexity index is 716. The predicted octanol–water partition coefficient (Wildman–Crippen LogP) is 7.26. The number of fused-ring (bicyclic) bond motifs is 5. The fourth-order valence-corrected chi connectivity index (χ4v) is 8.27. The molecule has 2 heteroatoms. The summed E-state index contributed by atoms with van der Waals surface area (Å²) >= 11 is 0. The number of rotatable bonds is 5. The van der Waals surface area contributed by atoms with Gasteiger partial charge in [-0.3, -0.25) is 4.79 Å². The molecule has 0 aromatic carbocycles. The van der Waals surface area contributed by atoms with Gasteiger partial charge in [0.15, 0.2) is 5.76 Å². The van der Waals surface area contributed by atoms with E-state index < -0.39 is 0 Å². The van der Waals surface area contributed by atoms with Gasteiger partial charge in [0, 0.05) is 11.0 Å². The minimum atomic E-state index is -0.103. The Morgan fingerprint density at radius 3 is 2.55 bits per heavy atom. The van der Waals surface area contributed by atoms with Crippen molar-refractivity contribution in [3.63, 3.8) is 0 Å². The van der Waals surface area contributed by atoms with Gasteiger partial charge in [-0.2, -0.15) is 0 Å². The van der Waals surface area contributed by atoms with Gasteiger partial charge < -0.3 is 5.11 Å². The second-order valence-corrected chi connectivity index (χ2v) is 11.8. The van der Waals surface area contributed by atoms with E-state index in [-0.39, 0.29) is 17.0 Å². The van der Waals surface area contributed by atoms with Crippen LogP contribution < -0.4 is 0 Å². The Hall–Kier alpha value is -1.05. The zero-order valence-electron chi connectivity index (χ0n) is 19.3. The molecule has 0 aromatic rings. The van der Waals surface area contributed by atoms with Gasteiger partial charge in [0.2, 0.25) is 5.78 Å². The zero-order chi connectivity index (χ0) is 21.0. The number of aliphatic hydroxyl groups is 1. The van der Waals surface area contributed by atoms with Crippen LogP contribution in [0.15, 0.2) is 23.5 Å². The smallest absolute Gasteiger partial charge is 0.223 e. The van der Waals surface area contributed by atoms with Crippen molar-refractivity contribution in [2.45, 2.75) is 92.4 Å². The third kappa shape index (κ3) is 3.33. The van der Waals surface area contributed by atoms with E-state index in [0.29, 0.717) is 11.3 Å². The topological polar surface area (TPSA) is 37.3 Å². The van der Waals surface area contributed by atoms with Gasteiger partial charge in [-0.05, 0) is 85.5 Å². The van der Waals surface area contributed by atoms with Gasteiger partial charge in [0.05, 0.1) is 0 Å². The quantitative estimate of drug-likeness (QED) is 0.529. The Morgan fingerprint density at radius 1 is 1.07 bits per heavy atom. The molecule has 0 aromatic heterocycles. The van der Waals surface area contributed by atoms with Gasteiger partial charge in [0.1, 0.15) is 0 Å². The molecular formula is C27H42O2. The standard InChI is InChI=1S/C27H42O2/c1-17(2)7-6-8-18(3)20-11-12-21-19-9-10-23-25(29)24(28)14-16-27(23,5)22(19)13-15-26(20,21)4/h10,14,17-22,28H,6-9,11-13,15-16H2,1-5H3/t18?,19-,20+,21-,22-,26+,27+/m0/s1. The minimum Gasteiger partial charge on any atom is -0.504 e. The van der Waals surface area contributed by atoms with Crippen LogP contribution in [-0.4, -0.2) is 10.9 Å². The highest BCUT2D eigenvalue weighted by molar-refractivity contribution is 6.08. The summed E-state index contributed by atoms with van der Waals surface area (Å²) in [6.45, 7) is 12.1. The van der Waals surface area contributed by atoms with E-state index in [0.717, 1.165) is 48.0 Å². The maximum Gasteiger partial charge on any atom is 0.223 e. The van der Waals surface area contributed by atoms with Crippen LogP contribution in [0.5, 0.6) is 0 Å². The largest absolute Gasteiger partial charge is 0.504 e. The Morgan fingerprint density at radius 2 is 1.83 bits per heavy atom. The SMILES string of the molecule is CC(C)CCCC(C)[C@H]1CC[C@H]2[C@@H]3CC=C4C(=O)C(O)=CC[C@]4(C)[C@H]3CC[C@]12C. The number of carbonyl (C=O) groups is 1. The highest BCUT2D eigenvalue weighted by atomic mass is 16.3. The zero-order valence-corrected chi connectivity index (χ0v) is 19.3. The van der Waals surface area contributed by atoms with Crippen molar-refractivity contribution in [1.82, 2.24) is 0 Å². The molecule has 0 heterocycles. The third-order valence-corrected chi connectivity index (χ3v) is 9.86. The molecule has 1 N–H and O–H groups in total. The van der Waals surface area contributed by atoms with Crippen LogP contribution in [0.4, 0.5) is 0 Å². The third-order valence-electron chi connectivity index (χ3n) is 9.86.